The molecule has 122 valence electrons. The van der Waals surface area contributed by atoms with Crippen LogP contribution in [0.1, 0.15) is 37.4 Å². The summed E-state index contributed by atoms with van der Waals surface area (Å²) < 4.78 is 0. The monoisotopic (exact) mass is 310 g/mol. The van der Waals surface area contributed by atoms with E-state index < -0.39 is 0 Å². The van der Waals surface area contributed by atoms with Gasteiger partial charge in [-0.15, -0.1) is 0 Å². The molecule has 0 fully saturated rings. The van der Waals surface area contributed by atoms with Gasteiger partial charge in [0.2, 0.25) is 5.91 Å². The Labute approximate surface area is 139 Å². The zero-order valence-electron chi connectivity index (χ0n) is 14.3. The van der Waals surface area contributed by atoms with Crippen LogP contribution >= 0.6 is 0 Å². The third-order valence-electron chi connectivity index (χ3n) is 4.03. The van der Waals surface area contributed by atoms with Crippen LogP contribution in [-0.2, 0) is 4.79 Å². The first-order valence-electron chi connectivity index (χ1n) is 8.26. The molecule has 0 aliphatic heterocycles. The predicted molar refractivity (Wildman–Crippen MR) is 96.7 cm³/mol. The molecule has 23 heavy (non-hydrogen) atoms. The lowest BCUT2D eigenvalue weighted by Gasteiger charge is -2.24. The summed E-state index contributed by atoms with van der Waals surface area (Å²) in [7, 11) is 0. The highest BCUT2D eigenvalue weighted by atomic mass is 16.1. The van der Waals surface area contributed by atoms with Gasteiger partial charge in [0.05, 0.1) is 6.04 Å². The molecule has 0 heterocycles. The highest BCUT2D eigenvalue weighted by Gasteiger charge is 2.11. The average molecular weight is 310 g/mol. The molecule has 1 unspecified atom stereocenters. The summed E-state index contributed by atoms with van der Waals surface area (Å²) in [5, 5.41) is 3.07. The van der Waals surface area contributed by atoms with Crippen molar-refractivity contribution in [2.75, 3.05) is 18.0 Å². The van der Waals surface area contributed by atoms with Crippen molar-refractivity contribution in [2.45, 2.75) is 33.2 Å². The predicted octanol–water partition coefficient (Wildman–Crippen LogP) is 4.09. The number of aryl methyl sites for hydroxylation is 1. The van der Waals surface area contributed by atoms with E-state index in [1.165, 1.54) is 11.3 Å². The first-order chi connectivity index (χ1) is 11.1. The first kappa shape index (κ1) is 17.1. The third kappa shape index (κ3) is 5.13. The van der Waals surface area contributed by atoms with E-state index in [2.05, 4.69) is 48.3 Å². The lowest BCUT2D eigenvalue weighted by Crippen LogP contribution is -2.32. The minimum Gasteiger partial charge on any atom is -0.371 e. The summed E-state index contributed by atoms with van der Waals surface area (Å²) >= 11 is 0. The number of anilines is 1. The van der Waals surface area contributed by atoms with Crippen molar-refractivity contribution in [2.24, 2.45) is 0 Å². The summed E-state index contributed by atoms with van der Waals surface area (Å²) in [6.07, 6.45) is 0.499. The van der Waals surface area contributed by atoms with E-state index in [1.54, 1.807) is 0 Å². The standard InChI is InChI=1S/C20H26N2O/c1-4-22(19-12-8-9-16(2)15-19)14-13-20(23)21-17(3)18-10-6-5-7-11-18/h5-12,15,17H,4,13-14H2,1-3H3,(H,21,23). The Bertz CT molecular complexity index is 625. The molecule has 1 amide bonds. The minimum absolute atomic E-state index is 0.0396. The molecule has 0 aromatic heterocycles. The van der Waals surface area contributed by atoms with Gasteiger partial charge in [0.1, 0.15) is 0 Å². The Morgan fingerprint density at radius 1 is 1.13 bits per heavy atom. The molecule has 2 aromatic rings. The number of carbonyl (C=O) groups is 1. The summed E-state index contributed by atoms with van der Waals surface area (Å²) in [6.45, 7) is 7.85. The van der Waals surface area contributed by atoms with Crippen LogP contribution in [0.2, 0.25) is 0 Å². The zero-order valence-corrected chi connectivity index (χ0v) is 14.3. The lowest BCUT2D eigenvalue weighted by molar-refractivity contribution is -0.121. The largest absolute Gasteiger partial charge is 0.371 e. The molecule has 0 bridgehead atoms. The number of nitrogens with one attached hydrogen (secondary N) is 1. The molecule has 0 aliphatic rings. The van der Waals surface area contributed by atoms with Crippen LogP contribution in [0.3, 0.4) is 0 Å². The summed E-state index contributed by atoms with van der Waals surface area (Å²) in [5.74, 6) is 0.0902. The van der Waals surface area contributed by atoms with Crippen LogP contribution in [0, 0.1) is 6.92 Å². The van der Waals surface area contributed by atoms with E-state index in [9.17, 15) is 4.79 Å². The van der Waals surface area contributed by atoms with Crippen molar-refractivity contribution in [3.05, 3.63) is 65.7 Å². The number of carbonyl (C=O) groups excluding carboxylic acids is 1. The maximum Gasteiger partial charge on any atom is 0.222 e. The van der Waals surface area contributed by atoms with Crippen LogP contribution in [0.4, 0.5) is 5.69 Å². The van der Waals surface area contributed by atoms with Gasteiger partial charge in [-0.05, 0) is 44.0 Å². The molecule has 1 atom stereocenters. The summed E-state index contributed by atoms with van der Waals surface area (Å²) in [4.78, 5) is 14.4. The minimum atomic E-state index is 0.0396. The number of hydrogen-bond acceptors (Lipinski definition) is 2. The van der Waals surface area contributed by atoms with Crippen molar-refractivity contribution < 1.29 is 4.79 Å². The molecule has 0 saturated carbocycles. The van der Waals surface area contributed by atoms with Gasteiger partial charge >= 0.3 is 0 Å². The third-order valence-corrected chi connectivity index (χ3v) is 4.03. The van der Waals surface area contributed by atoms with Crippen molar-refractivity contribution in [1.29, 1.82) is 0 Å². The fraction of sp³-hybridized carbons (Fsp3) is 0.350. The van der Waals surface area contributed by atoms with Crippen molar-refractivity contribution >= 4 is 11.6 Å². The second kappa shape index (κ2) is 8.37. The second-order valence-corrected chi connectivity index (χ2v) is 5.87. The van der Waals surface area contributed by atoms with Gasteiger partial charge in [-0.1, -0.05) is 42.5 Å². The molecule has 3 heteroatoms. The highest BCUT2D eigenvalue weighted by molar-refractivity contribution is 5.77. The first-order valence-corrected chi connectivity index (χ1v) is 8.26. The topological polar surface area (TPSA) is 32.3 Å². The smallest absolute Gasteiger partial charge is 0.222 e. The van der Waals surface area contributed by atoms with Gasteiger partial charge in [0.15, 0.2) is 0 Å². The number of benzene rings is 2. The number of nitrogens with zero attached hydrogens (tertiary/aromatic N) is 1. The van der Waals surface area contributed by atoms with Crippen LogP contribution in [-0.4, -0.2) is 19.0 Å². The second-order valence-electron chi connectivity index (χ2n) is 5.87. The lowest BCUT2D eigenvalue weighted by atomic mass is 10.1. The molecule has 1 N–H and O–H groups in total. The Hall–Kier alpha value is -2.29. The van der Waals surface area contributed by atoms with E-state index in [0.717, 1.165) is 18.7 Å². The molecule has 0 saturated heterocycles. The Morgan fingerprint density at radius 2 is 1.87 bits per heavy atom. The number of amides is 1. The van der Waals surface area contributed by atoms with Gasteiger partial charge in [0.25, 0.3) is 0 Å². The maximum atomic E-state index is 12.2. The normalized spacial score (nSPS) is 11.8. The SMILES string of the molecule is CCN(CCC(=O)NC(C)c1ccccc1)c1cccc(C)c1. The Balaban J connectivity index is 1.87. The van der Waals surface area contributed by atoms with Crippen LogP contribution in [0.25, 0.3) is 0 Å². The van der Waals surface area contributed by atoms with Crippen molar-refractivity contribution in [3.8, 4) is 0 Å². The van der Waals surface area contributed by atoms with E-state index in [-0.39, 0.29) is 11.9 Å². The van der Waals surface area contributed by atoms with Crippen LogP contribution in [0.15, 0.2) is 54.6 Å². The van der Waals surface area contributed by atoms with E-state index in [1.807, 2.05) is 37.3 Å². The molecular weight excluding hydrogens is 284 g/mol. The molecular formula is C20H26N2O. The van der Waals surface area contributed by atoms with E-state index in [4.69, 9.17) is 0 Å². The molecule has 2 rings (SSSR count). The number of rotatable bonds is 7. The fourth-order valence-electron chi connectivity index (χ4n) is 2.67. The summed E-state index contributed by atoms with van der Waals surface area (Å²) in [5.41, 5.74) is 3.55. The molecule has 3 nitrogen and oxygen atoms in total. The van der Waals surface area contributed by atoms with Gasteiger partial charge in [-0.3, -0.25) is 4.79 Å². The van der Waals surface area contributed by atoms with Crippen molar-refractivity contribution in [1.82, 2.24) is 5.32 Å². The fourth-order valence-corrected chi connectivity index (χ4v) is 2.67. The quantitative estimate of drug-likeness (QED) is 0.835. The van der Waals surface area contributed by atoms with E-state index in [0.29, 0.717) is 6.42 Å². The summed E-state index contributed by atoms with van der Waals surface area (Å²) in [6, 6.07) is 18.5. The molecule has 0 aliphatic carbocycles. The molecule has 0 radical (unpaired) electrons. The molecule has 2 aromatic carbocycles. The van der Waals surface area contributed by atoms with Gasteiger partial charge in [-0.2, -0.15) is 0 Å². The van der Waals surface area contributed by atoms with Crippen LogP contribution < -0.4 is 10.2 Å². The van der Waals surface area contributed by atoms with Gasteiger partial charge in [0, 0.05) is 25.2 Å². The maximum absolute atomic E-state index is 12.2. The van der Waals surface area contributed by atoms with E-state index >= 15 is 0 Å². The highest BCUT2D eigenvalue weighted by Crippen LogP contribution is 2.16. The van der Waals surface area contributed by atoms with Crippen molar-refractivity contribution in [3.63, 3.8) is 0 Å². The van der Waals surface area contributed by atoms with Crippen LogP contribution in [0.5, 0.6) is 0 Å². The molecule has 0 spiro atoms. The van der Waals surface area contributed by atoms with Gasteiger partial charge in [-0.25, -0.2) is 0 Å². The number of hydrogen-bond donors (Lipinski definition) is 1. The Kier molecular flexibility index (Phi) is 6.21. The zero-order chi connectivity index (χ0) is 16.7. The Morgan fingerprint density at radius 3 is 2.52 bits per heavy atom. The van der Waals surface area contributed by atoms with Gasteiger partial charge < -0.3 is 10.2 Å². The average Bonchev–Trinajstić information content (AvgIpc) is 2.56.